The van der Waals surface area contributed by atoms with Gasteiger partial charge in [-0.15, -0.1) is 10.8 Å². The minimum absolute atomic E-state index is 0.0273. The maximum atomic E-state index is 13.8. The molecule has 0 saturated carbocycles. The summed E-state index contributed by atoms with van der Waals surface area (Å²) in [6, 6.07) is 4.44. The molecule has 12 nitrogen and oxygen atoms in total. The summed E-state index contributed by atoms with van der Waals surface area (Å²) in [7, 11) is -7.06. The SMILES string of the molecule is [C-]#[N+]c1nn(CCC(C)(C)C)c(=O)c(C2=NP(=O)(OCC)c3cc(NS(C)(O)O)ccc3N2)c1O. The lowest BCUT2D eigenvalue weighted by molar-refractivity contribution is 0.335. The zero-order valence-electron chi connectivity index (χ0n) is 20.1. The zero-order valence-corrected chi connectivity index (χ0v) is 21.8. The normalized spacial score (nSPS) is 18.2. The van der Waals surface area contributed by atoms with Gasteiger partial charge in [0.05, 0.1) is 29.8 Å². The molecule has 1 aliphatic heterocycles. The number of aromatic hydroxyl groups is 1. The largest absolute Gasteiger partial charge is 0.516 e. The molecule has 0 amide bonds. The van der Waals surface area contributed by atoms with Gasteiger partial charge in [0.2, 0.25) is 0 Å². The first-order valence-corrected chi connectivity index (χ1v) is 14.2. The quantitative estimate of drug-likeness (QED) is 0.261. The molecule has 0 bridgehead atoms. The Bertz CT molecular complexity index is 1320. The Kier molecular flexibility index (Phi) is 7.36. The Morgan fingerprint density at radius 2 is 2.03 bits per heavy atom. The lowest BCUT2D eigenvalue weighted by atomic mass is 9.92. The second-order valence-electron chi connectivity index (χ2n) is 9.18. The van der Waals surface area contributed by atoms with Crippen molar-refractivity contribution in [3.8, 4) is 5.75 Å². The second-order valence-corrected chi connectivity index (χ2v) is 13.0. The number of hydrogen-bond acceptors (Lipinski definition) is 9. The Balaban J connectivity index is 2.17. The summed E-state index contributed by atoms with van der Waals surface area (Å²) < 4.78 is 46.6. The van der Waals surface area contributed by atoms with E-state index in [-0.39, 0.29) is 52.5 Å². The molecule has 1 aliphatic rings. The smallest absolute Gasteiger partial charge is 0.348 e. The highest BCUT2D eigenvalue weighted by Crippen LogP contribution is 2.53. The molecule has 0 aliphatic carbocycles. The summed E-state index contributed by atoms with van der Waals surface area (Å²) in [5.41, 5.74) is -0.594. The van der Waals surface area contributed by atoms with Crippen LogP contribution in [0.3, 0.4) is 0 Å². The minimum Gasteiger partial charge on any atom is -0.516 e. The van der Waals surface area contributed by atoms with Gasteiger partial charge in [-0.2, -0.15) is 9.44 Å². The lowest BCUT2D eigenvalue weighted by Crippen LogP contribution is -2.35. The van der Waals surface area contributed by atoms with Crippen molar-refractivity contribution in [3.05, 3.63) is 45.5 Å². The van der Waals surface area contributed by atoms with Gasteiger partial charge >= 0.3 is 13.3 Å². The first kappa shape index (κ1) is 26.7. The maximum absolute atomic E-state index is 13.8. The van der Waals surface area contributed by atoms with Gasteiger partial charge < -0.3 is 19.8 Å². The van der Waals surface area contributed by atoms with Crippen molar-refractivity contribution < 1.29 is 23.3 Å². The Hall–Kier alpha value is -2.88. The average molecular weight is 525 g/mol. The van der Waals surface area contributed by atoms with Crippen LogP contribution >= 0.6 is 18.3 Å². The molecule has 14 heteroatoms. The number of aromatic nitrogens is 2. The number of rotatable bonds is 7. The van der Waals surface area contributed by atoms with Crippen molar-refractivity contribution in [2.45, 2.75) is 40.7 Å². The Morgan fingerprint density at radius 1 is 1.34 bits per heavy atom. The van der Waals surface area contributed by atoms with Gasteiger partial charge in [0.15, 0.2) is 11.6 Å². The van der Waals surface area contributed by atoms with Crippen molar-refractivity contribution in [2.75, 3.05) is 22.9 Å². The van der Waals surface area contributed by atoms with Gasteiger partial charge in [0, 0.05) is 6.26 Å². The summed E-state index contributed by atoms with van der Waals surface area (Å²) in [5, 5.41) is 17.7. The lowest BCUT2D eigenvalue weighted by Gasteiger charge is -2.30. The molecule has 1 aromatic heterocycles. The molecule has 1 unspecified atom stereocenters. The summed E-state index contributed by atoms with van der Waals surface area (Å²) in [6.07, 6.45) is 1.78. The molecule has 2 aromatic rings. The molecular formula is C21H29N6O6PS. The van der Waals surface area contributed by atoms with E-state index in [0.717, 1.165) is 4.68 Å². The molecule has 0 spiro atoms. The predicted octanol–water partition coefficient (Wildman–Crippen LogP) is 4.37. The summed E-state index contributed by atoms with van der Waals surface area (Å²) in [5.74, 6) is -1.27. The van der Waals surface area contributed by atoms with Crippen LogP contribution in [0.2, 0.25) is 0 Å². The van der Waals surface area contributed by atoms with Crippen molar-refractivity contribution in [3.63, 3.8) is 0 Å². The molecule has 0 fully saturated rings. The first-order chi connectivity index (χ1) is 16.2. The molecule has 190 valence electrons. The van der Waals surface area contributed by atoms with Gasteiger partial charge in [0.1, 0.15) is 5.56 Å². The van der Waals surface area contributed by atoms with Gasteiger partial charge in [-0.1, -0.05) is 27.3 Å². The Labute approximate surface area is 204 Å². The van der Waals surface area contributed by atoms with Gasteiger partial charge in [-0.25, -0.2) is 0 Å². The van der Waals surface area contributed by atoms with Crippen LogP contribution in [0.25, 0.3) is 4.85 Å². The molecule has 5 N–H and O–H groups in total. The average Bonchev–Trinajstić information content (AvgIpc) is 2.72. The summed E-state index contributed by atoms with van der Waals surface area (Å²) in [4.78, 5) is 16.5. The molecule has 0 radical (unpaired) electrons. The van der Waals surface area contributed by atoms with E-state index in [2.05, 4.69) is 24.7 Å². The Morgan fingerprint density at radius 3 is 2.60 bits per heavy atom. The van der Waals surface area contributed by atoms with E-state index in [0.29, 0.717) is 6.42 Å². The minimum atomic E-state index is -3.96. The molecular weight excluding hydrogens is 495 g/mol. The maximum Gasteiger partial charge on any atom is 0.348 e. The fourth-order valence-electron chi connectivity index (χ4n) is 3.31. The van der Waals surface area contributed by atoms with Gasteiger partial charge in [-0.05, 0) is 42.1 Å². The molecule has 35 heavy (non-hydrogen) atoms. The van der Waals surface area contributed by atoms with Crippen LogP contribution in [0.1, 0.15) is 39.7 Å². The highest BCUT2D eigenvalue weighted by atomic mass is 32.3. The number of hydrogen-bond donors (Lipinski definition) is 5. The molecule has 1 atom stereocenters. The van der Waals surface area contributed by atoms with Crippen LogP contribution < -0.4 is 20.9 Å². The molecule has 2 heterocycles. The molecule has 0 saturated heterocycles. The third-order valence-electron chi connectivity index (χ3n) is 4.93. The third-order valence-corrected chi connectivity index (χ3v) is 7.60. The van der Waals surface area contributed by atoms with E-state index in [9.17, 15) is 23.6 Å². The standard InChI is InChI=1S/C21H29N6O6PS/c1-7-33-34(30)15-12-13(26-35(6,31)32)8-9-14(15)23-18(25-34)16-17(28)19(22-5)24-27(20(16)29)11-10-21(2,3)4/h8-9,12,26,28,31-32H,7,10-11H2,1-4,6H3,(H,23,25,30). The first-order valence-electron chi connectivity index (χ1n) is 10.7. The van der Waals surface area contributed by atoms with Gasteiger partial charge in [0.25, 0.3) is 5.56 Å². The van der Waals surface area contributed by atoms with Crippen molar-refractivity contribution in [1.82, 2.24) is 9.78 Å². The fourth-order valence-corrected chi connectivity index (χ4v) is 5.69. The van der Waals surface area contributed by atoms with Crippen LogP contribution in [0.4, 0.5) is 17.2 Å². The number of anilines is 2. The third kappa shape index (κ3) is 6.04. The van der Waals surface area contributed by atoms with E-state index < -0.39 is 29.6 Å². The van der Waals surface area contributed by atoms with E-state index in [1.807, 2.05) is 20.8 Å². The van der Waals surface area contributed by atoms with E-state index >= 15 is 0 Å². The van der Waals surface area contributed by atoms with Crippen molar-refractivity contribution in [1.29, 1.82) is 0 Å². The number of nitrogens with zero attached hydrogens (tertiary/aromatic N) is 4. The molecule has 3 rings (SSSR count). The second kappa shape index (κ2) is 9.64. The van der Waals surface area contributed by atoms with E-state index in [4.69, 9.17) is 11.1 Å². The van der Waals surface area contributed by atoms with Crippen molar-refractivity contribution >= 4 is 46.6 Å². The van der Waals surface area contributed by atoms with Crippen LogP contribution in [0, 0.1) is 12.0 Å². The number of aryl methyl sites for hydroxylation is 1. The van der Waals surface area contributed by atoms with Crippen LogP contribution in [0.15, 0.2) is 27.8 Å². The van der Waals surface area contributed by atoms with Gasteiger partial charge in [-0.3, -0.25) is 23.2 Å². The highest BCUT2D eigenvalue weighted by molar-refractivity contribution is 8.24. The van der Waals surface area contributed by atoms with Crippen LogP contribution in [0.5, 0.6) is 5.75 Å². The summed E-state index contributed by atoms with van der Waals surface area (Å²) in [6.45, 7) is 15.2. The number of nitrogens with one attached hydrogen (secondary N) is 2. The fraction of sp³-hybridized carbons (Fsp3) is 0.429. The highest BCUT2D eigenvalue weighted by Gasteiger charge is 2.36. The van der Waals surface area contributed by atoms with E-state index in [1.54, 1.807) is 6.92 Å². The number of fused-ring (bicyclic) bond motifs is 1. The van der Waals surface area contributed by atoms with E-state index in [1.165, 1.54) is 24.5 Å². The van der Waals surface area contributed by atoms with Crippen molar-refractivity contribution in [2.24, 2.45) is 10.2 Å². The topological polar surface area (TPSA) is 163 Å². The predicted molar refractivity (Wildman–Crippen MR) is 138 cm³/mol. The van der Waals surface area contributed by atoms with Crippen LogP contribution in [-0.4, -0.2) is 42.7 Å². The van der Waals surface area contributed by atoms with Crippen LogP contribution in [-0.2, 0) is 15.6 Å². The monoisotopic (exact) mass is 524 g/mol. The molecule has 1 aromatic carbocycles. The number of benzene rings is 1. The zero-order chi connectivity index (χ0) is 26.2. The number of amidine groups is 1. The summed E-state index contributed by atoms with van der Waals surface area (Å²) >= 11 is 0.